The molecule has 1 N–H and O–H groups in total. The van der Waals surface area contributed by atoms with Gasteiger partial charge in [0.1, 0.15) is 5.82 Å². The van der Waals surface area contributed by atoms with Gasteiger partial charge in [-0.2, -0.15) is 0 Å². The molecule has 7 heteroatoms. The Morgan fingerprint density at radius 1 is 1.58 bits per heavy atom. The third kappa shape index (κ3) is 2.83. The van der Waals surface area contributed by atoms with Gasteiger partial charge in [-0.1, -0.05) is 5.11 Å². The van der Waals surface area contributed by atoms with Gasteiger partial charge in [-0.3, -0.25) is 4.79 Å². The maximum absolute atomic E-state index is 13.3. The Hall–Kier alpha value is -2.11. The van der Waals surface area contributed by atoms with Crippen LogP contribution in [-0.2, 0) is 11.4 Å². The number of aliphatic hydroxyl groups is 1. The number of halogens is 1. The van der Waals surface area contributed by atoms with Crippen molar-refractivity contribution in [3.05, 3.63) is 40.0 Å². The van der Waals surface area contributed by atoms with Gasteiger partial charge in [0.05, 0.1) is 6.61 Å². The molecule has 2 rings (SSSR count). The molecule has 1 saturated heterocycles. The lowest BCUT2D eigenvalue weighted by atomic mass is 10.1. The molecule has 1 atom stereocenters. The maximum Gasteiger partial charge on any atom is 0.227 e. The lowest BCUT2D eigenvalue weighted by molar-refractivity contribution is -0.117. The first-order valence-corrected chi connectivity index (χ1v) is 5.86. The van der Waals surface area contributed by atoms with Crippen molar-refractivity contribution in [2.75, 3.05) is 18.0 Å². The molecule has 6 nitrogen and oxygen atoms in total. The van der Waals surface area contributed by atoms with E-state index < -0.39 is 12.4 Å². The Labute approximate surface area is 109 Å². The molecule has 0 saturated carbocycles. The number of benzene rings is 1. The van der Waals surface area contributed by atoms with E-state index >= 15 is 0 Å². The second kappa shape index (κ2) is 5.69. The predicted octanol–water partition coefficient (Wildman–Crippen LogP) is 1.98. The van der Waals surface area contributed by atoms with Crippen LogP contribution in [0.15, 0.2) is 23.3 Å². The van der Waals surface area contributed by atoms with E-state index in [4.69, 9.17) is 10.6 Å². The number of anilines is 1. The molecule has 100 valence electrons. The summed E-state index contributed by atoms with van der Waals surface area (Å²) in [5.41, 5.74) is 8.98. The van der Waals surface area contributed by atoms with Crippen LogP contribution in [0.1, 0.15) is 12.0 Å². The van der Waals surface area contributed by atoms with E-state index in [0.29, 0.717) is 18.7 Å². The van der Waals surface area contributed by atoms with Crippen molar-refractivity contribution < 1.29 is 14.3 Å². The van der Waals surface area contributed by atoms with Crippen molar-refractivity contribution >= 4 is 11.6 Å². The van der Waals surface area contributed by atoms with Gasteiger partial charge in [0.2, 0.25) is 5.91 Å². The number of carbonyl (C=O) groups is 1. The highest BCUT2D eigenvalue weighted by Crippen LogP contribution is 2.27. The molecule has 0 aliphatic carbocycles. The minimum absolute atomic E-state index is 0.0222. The highest BCUT2D eigenvalue weighted by Gasteiger charge is 2.30. The van der Waals surface area contributed by atoms with Gasteiger partial charge in [0.15, 0.2) is 0 Å². The molecule has 0 spiro atoms. The number of carbonyl (C=O) groups excluding carboxylic acids is 1. The number of nitrogens with zero attached hydrogens (tertiary/aromatic N) is 4. The SMILES string of the molecule is [N-]=[N+]=NCC1CC(=O)N(c2ccc(F)c(CO)c2)C1. The fraction of sp³-hybridized carbons (Fsp3) is 0.417. The van der Waals surface area contributed by atoms with E-state index in [1.807, 2.05) is 0 Å². The molecule has 19 heavy (non-hydrogen) atoms. The summed E-state index contributed by atoms with van der Waals surface area (Å²) in [4.78, 5) is 16.1. The van der Waals surface area contributed by atoms with E-state index in [1.165, 1.54) is 23.1 Å². The zero-order chi connectivity index (χ0) is 13.8. The number of azide groups is 1. The van der Waals surface area contributed by atoms with E-state index in [0.717, 1.165) is 0 Å². The van der Waals surface area contributed by atoms with Gasteiger partial charge in [-0.05, 0) is 29.6 Å². The average molecular weight is 264 g/mol. The molecule has 1 aromatic rings. The van der Waals surface area contributed by atoms with Crippen molar-refractivity contribution in [1.82, 2.24) is 0 Å². The van der Waals surface area contributed by atoms with Crippen LogP contribution >= 0.6 is 0 Å². The normalized spacial score (nSPS) is 18.5. The predicted molar refractivity (Wildman–Crippen MR) is 66.8 cm³/mol. The number of aliphatic hydroxyl groups excluding tert-OH is 1. The third-order valence-corrected chi connectivity index (χ3v) is 3.12. The standard InChI is InChI=1S/C12H13FN4O2/c13-11-2-1-10(4-9(11)7-18)17-6-8(3-12(17)19)5-15-16-14/h1-2,4,8,18H,3,5-7H2. The molecule has 1 heterocycles. The first-order valence-electron chi connectivity index (χ1n) is 5.86. The lowest BCUT2D eigenvalue weighted by Gasteiger charge is -2.17. The van der Waals surface area contributed by atoms with Crippen LogP contribution < -0.4 is 4.90 Å². The minimum atomic E-state index is -0.497. The van der Waals surface area contributed by atoms with Crippen LogP contribution in [0.2, 0.25) is 0 Å². The molecule has 1 aromatic carbocycles. The number of amides is 1. The molecule has 1 amide bonds. The average Bonchev–Trinajstić information content (AvgIpc) is 2.78. The van der Waals surface area contributed by atoms with E-state index in [2.05, 4.69) is 10.0 Å². The Morgan fingerprint density at radius 3 is 3.05 bits per heavy atom. The van der Waals surface area contributed by atoms with Gasteiger partial charge < -0.3 is 10.0 Å². The fourth-order valence-electron chi connectivity index (χ4n) is 2.16. The fourth-order valence-corrected chi connectivity index (χ4v) is 2.16. The molecule has 1 aliphatic rings. The van der Waals surface area contributed by atoms with Crippen molar-refractivity contribution in [3.63, 3.8) is 0 Å². The second-order valence-electron chi connectivity index (χ2n) is 4.42. The number of hydrogen-bond donors (Lipinski definition) is 1. The molecular formula is C12H13FN4O2. The molecule has 0 aromatic heterocycles. The van der Waals surface area contributed by atoms with Crippen LogP contribution in [0.5, 0.6) is 0 Å². The number of rotatable bonds is 4. The summed E-state index contributed by atoms with van der Waals surface area (Å²) in [7, 11) is 0. The minimum Gasteiger partial charge on any atom is -0.392 e. The summed E-state index contributed by atoms with van der Waals surface area (Å²) >= 11 is 0. The van der Waals surface area contributed by atoms with Crippen molar-refractivity contribution in [1.29, 1.82) is 0 Å². The van der Waals surface area contributed by atoms with Crippen molar-refractivity contribution in [3.8, 4) is 0 Å². The second-order valence-corrected chi connectivity index (χ2v) is 4.42. The summed E-state index contributed by atoms with van der Waals surface area (Å²) in [5.74, 6) is -0.608. The first kappa shape index (κ1) is 13.3. The zero-order valence-electron chi connectivity index (χ0n) is 10.2. The largest absolute Gasteiger partial charge is 0.392 e. The van der Waals surface area contributed by atoms with E-state index in [9.17, 15) is 9.18 Å². The maximum atomic E-state index is 13.3. The quantitative estimate of drug-likeness (QED) is 0.512. The molecule has 1 unspecified atom stereocenters. The smallest absolute Gasteiger partial charge is 0.227 e. The summed E-state index contributed by atoms with van der Waals surface area (Å²) in [6.07, 6.45) is 0.310. The van der Waals surface area contributed by atoms with Crippen LogP contribution in [0, 0.1) is 11.7 Å². The molecule has 0 bridgehead atoms. The highest BCUT2D eigenvalue weighted by atomic mass is 19.1. The van der Waals surface area contributed by atoms with Gasteiger partial charge in [-0.15, -0.1) is 0 Å². The summed E-state index contributed by atoms with van der Waals surface area (Å²) in [6, 6.07) is 4.19. The summed E-state index contributed by atoms with van der Waals surface area (Å²) in [6.45, 7) is 0.297. The van der Waals surface area contributed by atoms with Gasteiger partial charge in [0, 0.05) is 35.7 Å². The van der Waals surface area contributed by atoms with Crippen LogP contribution in [0.3, 0.4) is 0 Å². The van der Waals surface area contributed by atoms with Crippen LogP contribution in [0.4, 0.5) is 10.1 Å². The van der Waals surface area contributed by atoms with Gasteiger partial charge in [0.25, 0.3) is 0 Å². The molecule has 1 fully saturated rings. The molecule has 1 aliphatic heterocycles. The van der Waals surface area contributed by atoms with Crippen molar-refractivity contribution in [2.24, 2.45) is 11.0 Å². The summed E-state index contributed by atoms with van der Waals surface area (Å²) in [5, 5.41) is 12.5. The Morgan fingerprint density at radius 2 is 2.37 bits per heavy atom. The van der Waals surface area contributed by atoms with Crippen LogP contribution in [-0.4, -0.2) is 24.1 Å². The van der Waals surface area contributed by atoms with Gasteiger partial charge in [-0.25, -0.2) is 4.39 Å². The Balaban J connectivity index is 2.18. The first-order chi connectivity index (χ1) is 9.15. The van der Waals surface area contributed by atoms with E-state index in [-0.39, 0.29) is 23.9 Å². The van der Waals surface area contributed by atoms with Gasteiger partial charge >= 0.3 is 0 Å². The Bertz CT molecular complexity index is 543. The third-order valence-electron chi connectivity index (χ3n) is 3.12. The van der Waals surface area contributed by atoms with Crippen LogP contribution in [0.25, 0.3) is 10.4 Å². The van der Waals surface area contributed by atoms with E-state index in [1.54, 1.807) is 0 Å². The highest BCUT2D eigenvalue weighted by molar-refractivity contribution is 5.95. The monoisotopic (exact) mass is 264 g/mol. The molecular weight excluding hydrogens is 251 g/mol. The molecule has 0 radical (unpaired) electrons. The Kier molecular flexibility index (Phi) is 3.99. The zero-order valence-corrected chi connectivity index (χ0v) is 10.2. The summed E-state index contributed by atoms with van der Waals surface area (Å²) < 4.78 is 13.3. The topological polar surface area (TPSA) is 89.3 Å². The lowest BCUT2D eigenvalue weighted by Crippen LogP contribution is -2.25. The number of hydrogen-bond acceptors (Lipinski definition) is 3. The van der Waals surface area contributed by atoms with Crippen molar-refractivity contribution in [2.45, 2.75) is 13.0 Å².